The first kappa shape index (κ1) is 26.4. The van der Waals surface area contributed by atoms with Gasteiger partial charge in [0.05, 0.1) is 24.2 Å². The molecule has 30 heavy (non-hydrogen) atoms. The highest BCUT2D eigenvalue weighted by molar-refractivity contribution is 5.85. The molecule has 1 atom stereocenters. The lowest BCUT2D eigenvalue weighted by Crippen LogP contribution is -2.42. The van der Waals surface area contributed by atoms with Gasteiger partial charge in [0.25, 0.3) is 0 Å². The van der Waals surface area contributed by atoms with Gasteiger partial charge in [0.15, 0.2) is 0 Å². The summed E-state index contributed by atoms with van der Waals surface area (Å²) < 4.78 is 7.89. The van der Waals surface area contributed by atoms with E-state index in [4.69, 9.17) is 10.5 Å². The van der Waals surface area contributed by atoms with Crippen molar-refractivity contribution in [2.24, 2.45) is 5.73 Å². The van der Waals surface area contributed by atoms with Gasteiger partial charge in [-0.1, -0.05) is 49.6 Å². The van der Waals surface area contributed by atoms with E-state index in [2.05, 4.69) is 22.4 Å². The summed E-state index contributed by atoms with van der Waals surface area (Å²) >= 11 is 0. The molecule has 0 radical (unpaired) electrons. The second-order valence-electron chi connectivity index (χ2n) is 7.61. The van der Waals surface area contributed by atoms with Crippen LogP contribution in [-0.4, -0.2) is 40.8 Å². The molecule has 1 fully saturated rings. The van der Waals surface area contributed by atoms with Crippen LogP contribution in [0.4, 0.5) is 0 Å². The molecule has 0 bridgehead atoms. The zero-order valence-corrected chi connectivity index (χ0v) is 19.0. The van der Waals surface area contributed by atoms with Gasteiger partial charge < -0.3 is 20.4 Å². The lowest BCUT2D eigenvalue weighted by Gasteiger charge is -2.22. The third-order valence-corrected chi connectivity index (χ3v) is 5.19. The summed E-state index contributed by atoms with van der Waals surface area (Å²) in [5.41, 5.74) is 8.09. The molecule has 0 aliphatic heterocycles. The molecule has 3 N–H and O–H groups in total. The number of carbonyl (C=O) groups is 1. The van der Waals surface area contributed by atoms with Crippen molar-refractivity contribution in [3.8, 4) is 0 Å². The Morgan fingerprint density at radius 3 is 2.67 bits per heavy atom. The van der Waals surface area contributed by atoms with Gasteiger partial charge in [-0.05, 0) is 24.8 Å². The number of benzene rings is 1. The van der Waals surface area contributed by atoms with E-state index in [9.17, 15) is 4.79 Å². The number of hydrogen-bond donors (Lipinski definition) is 2. The minimum absolute atomic E-state index is 0. The number of carbonyl (C=O) groups excluding carboxylic acids is 1. The molecule has 168 valence electrons. The first-order valence-electron chi connectivity index (χ1n) is 10.4. The van der Waals surface area contributed by atoms with Crippen LogP contribution in [0.1, 0.15) is 49.8 Å². The molecule has 1 heterocycles. The number of nitrogens with one attached hydrogen (secondary N) is 1. The predicted molar refractivity (Wildman–Crippen MR) is 124 cm³/mol. The van der Waals surface area contributed by atoms with E-state index in [0.717, 1.165) is 18.7 Å². The summed E-state index contributed by atoms with van der Waals surface area (Å²) in [7, 11) is 0. The summed E-state index contributed by atoms with van der Waals surface area (Å²) in [5, 5.41) is 2.91. The molecule has 1 aromatic carbocycles. The summed E-state index contributed by atoms with van der Waals surface area (Å²) in [4.78, 5) is 16.6. The van der Waals surface area contributed by atoms with Crippen LogP contribution < -0.4 is 11.1 Å². The first-order chi connectivity index (χ1) is 13.7. The molecule has 0 spiro atoms. The Morgan fingerprint density at radius 1 is 1.20 bits per heavy atom. The Hall–Kier alpha value is -1.60. The second-order valence-corrected chi connectivity index (χ2v) is 7.61. The molecule has 8 heteroatoms. The summed E-state index contributed by atoms with van der Waals surface area (Å²) in [6.45, 7) is 2.06. The van der Waals surface area contributed by atoms with Gasteiger partial charge in [-0.15, -0.1) is 24.8 Å². The summed E-state index contributed by atoms with van der Waals surface area (Å²) in [5.74, 6) is -0.129. The maximum Gasteiger partial charge on any atom is 0.237 e. The predicted octanol–water partition coefficient (Wildman–Crippen LogP) is 3.50. The molecule has 2 aromatic rings. The first-order valence-corrected chi connectivity index (χ1v) is 10.4. The number of aromatic nitrogens is 2. The van der Waals surface area contributed by atoms with Gasteiger partial charge >= 0.3 is 0 Å². The molecule has 0 saturated heterocycles. The van der Waals surface area contributed by atoms with Gasteiger partial charge in [-0.3, -0.25) is 4.79 Å². The average molecular weight is 457 g/mol. The van der Waals surface area contributed by atoms with Crippen molar-refractivity contribution < 1.29 is 9.53 Å². The van der Waals surface area contributed by atoms with Gasteiger partial charge in [-0.2, -0.15) is 0 Å². The molecular formula is C22H34Cl2N4O2. The van der Waals surface area contributed by atoms with Crippen molar-refractivity contribution in [3.63, 3.8) is 0 Å². The maximum atomic E-state index is 12.2. The minimum atomic E-state index is -0.584. The van der Waals surface area contributed by atoms with Crippen LogP contribution >= 0.6 is 24.8 Å². The Kier molecular flexibility index (Phi) is 12.7. The van der Waals surface area contributed by atoms with E-state index < -0.39 is 6.04 Å². The SMILES string of the molecule is Cl.Cl.N[C@@H](Cc1cn(Cc2ccccc2)cn1)C(=O)NCCCOC1CCCCC1. The van der Waals surface area contributed by atoms with Crippen LogP contribution in [0.3, 0.4) is 0 Å². The molecule has 0 unspecified atom stereocenters. The van der Waals surface area contributed by atoms with E-state index in [0.29, 0.717) is 25.7 Å². The van der Waals surface area contributed by atoms with E-state index in [-0.39, 0.29) is 30.7 Å². The number of ether oxygens (including phenoxy) is 1. The van der Waals surface area contributed by atoms with E-state index in [1.807, 2.05) is 29.0 Å². The van der Waals surface area contributed by atoms with Crippen LogP contribution in [0.2, 0.25) is 0 Å². The van der Waals surface area contributed by atoms with Gasteiger partial charge in [0.2, 0.25) is 5.91 Å². The van der Waals surface area contributed by atoms with Gasteiger partial charge in [0.1, 0.15) is 0 Å². The fourth-order valence-corrected chi connectivity index (χ4v) is 3.61. The van der Waals surface area contributed by atoms with Crippen molar-refractivity contribution in [2.45, 2.75) is 63.6 Å². The van der Waals surface area contributed by atoms with Crippen LogP contribution in [0.5, 0.6) is 0 Å². The van der Waals surface area contributed by atoms with Gasteiger partial charge in [-0.25, -0.2) is 4.98 Å². The third kappa shape index (κ3) is 9.04. The number of hydrogen-bond acceptors (Lipinski definition) is 4. The van der Waals surface area contributed by atoms with Crippen molar-refractivity contribution in [2.75, 3.05) is 13.2 Å². The number of nitrogens with zero attached hydrogens (tertiary/aromatic N) is 2. The minimum Gasteiger partial charge on any atom is -0.378 e. The Bertz CT molecular complexity index is 721. The van der Waals surface area contributed by atoms with Crippen LogP contribution in [0.15, 0.2) is 42.9 Å². The second kappa shape index (κ2) is 14.4. The Morgan fingerprint density at radius 2 is 1.93 bits per heavy atom. The lowest BCUT2D eigenvalue weighted by molar-refractivity contribution is -0.122. The molecular weight excluding hydrogens is 423 g/mol. The Labute approximate surface area is 191 Å². The molecule has 1 saturated carbocycles. The van der Waals surface area contributed by atoms with Crippen molar-refractivity contribution in [3.05, 3.63) is 54.1 Å². The average Bonchev–Trinajstić information content (AvgIpc) is 3.15. The number of amides is 1. The highest BCUT2D eigenvalue weighted by Gasteiger charge is 2.16. The normalized spacial score (nSPS) is 15.0. The van der Waals surface area contributed by atoms with Crippen molar-refractivity contribution in [1.29, 1.82) is 0 Å². The van der Waals surface area contributed by atoms with Crippen LogP contribution in [0, 0.1) is 0 Å². The summed E-state index contributed by atoms with van der Waals surface area (Å²) in [6.07, 6.45) is 11.6. The van der Waals surface area contributed by atoms with Crippen molar-refractivity contribution in [1.82, 2.24) is 14.9 Å². The molecule has 1 aromatic heterocycles. The van der Waals surface area contributed by atoms with Gasteiger partial charge in [0, 0.05) is 32.3 Å². The molecule has 3 rings (SSSR count). The Balaban J connectivity index is 0.00000225. The smallest absolute Gasteiger partial charge is 0.237 e. The van der Waals surface area contributed by atoms with Crippen LogP contribution in [-0.2, 0) is 22.5 Å². The van der Waals surface area contributed by atoms with E-state index in [1.54, 1.807) is 6.33 Å². The van der Waals surface area contributed by atoms with Crippen molar-refractivity contribution >= 4 is 30.7 Å². The number of rotatable bonds is 10. The summed E-state index contributed by atoms with van der Waals surface area (Å²) in [6, 6.07) is 9.62. The van der Waals surface area contributed by atoms with E-state index >= 15 is 0 Å². The standard InChI is InChI=1S/C22H32N4O2.2ClH/c23-21(22(27)24-12-7-13-28-20-10-5-2-6-11-20)14-19-16-26(17-25-19)15-18-8-3-1-4-9-18;;/h1,3-4,8-9,16-17,20-21H,2,5-7,10-15,23H2,(H,24,27);2*1H/t21-;;/m0../s1. The maximum absolute atomic E-state index is 12.2. The highest BCUT2D eigenvalue weighted by atomic mass is 35.5. The highest BCUT2D eigenvalue weighted by Crippen LogP contribution is 2.20. The molecule has 1 amide bonds. The monoisotopic (exact) mass is 456 g/mol. The zero-order valence-electron chi connectivity index (χ0n) is 17.4. The van der Waals surface area contributed by atoms with Crippen LogP contribution in [0.25, 0.3) is 0 Å². The molecule has 1 aliphatic rings. The lowest BCUT2D eigenvalue weighted by atomic mass is 9.98. The topological polar surface area (TPSA) is 82.2 Å². The largest absolute Gasteiger partial charge is 0.378 e. The quantitative estimate of drug-likeness (QED) is 0.535. The third-order valence-electron chi connectivity index (χ3n) is 5.19. The fraction of sp³-hybridized carbons (Fsp3) is 0.545. The molecule has 6 nitrogen and oxygen atoms in total. The molecule has 1 aliphatic carbocycles. The van der Waals surface area contributed by atoms with E-state index in [1.165, 1.54) is 37.7 Å². The number of halogens is 2. The number of imidazole rings is 1. The fourth-order valence-electron chi connectivity index (χ4n) is 3.61. The number of nitrogens with two attached hydrogens (primary N) is 1. The zero-order chi connectivity index (χ0) is 19.6.